The lowest BCUT2D eigenvalue weighted by Crippen LogP contribution is -2.05. The molecule has 0 saturated heterocycles. The molecule has 0 atom stereocenters. The van der Waals surface area contributed by atoms with Crippen molar-refractivity contribution < 1.29 is 9.53 Å². The van der Waals surface area contributed by atoms with Crippen molar-refractivity contribution >= 4 is 17.6 Å². The van der Waals surface area contributed by atoms with Gasteiger partial charge in [-0.05, 0) is 6.92 Å². The zero-order valence-corrected chi connectivity index (χ0v) is 9.76. The van der Waals surface area contributed by atoms with Crippen LogP contribution in [0.25, 0.3) is 5.82 Å². The maximum Gasteiger partial charge on any atom is 0.342 e. The Balaban J connectivity index is 2.37. The molecular weight excluding hydrogens is 244 g/mol. The first-order chi connectivity index (χ1) is 8.24. The van der Waals surface area contributed by atoms with Gasteiger partial charge in [0.2, 0.25) is 0 Å². The third-order valence-corrected chi connectivity index (χ3v) is 2.34. The van der Waals surface area contributed by atoms with Crippen LogP contribution < -0.4 is 0 Å². The highest BCUT2D eigenvalue weighted by atomic mass is 35.5. The Hall–Kier alpha value is -1.95. The number of esters is 1. The molecule has 0 spiro atoms. The molecule has 17 heavy (non-hydrogen) atoms. The lowest BCUT2D eigenvalue weighted by Gasteiger charge is -2.01. The van der Waals surface area contributed by atoms with E-state index < -0.39 is 5.97 Å². The van der Waals surface area contributed by atoms with Crippen LogP contribution in [-0.4, -0.2) is 32.3 Å². The zero-order valence-electron chi connectivity index (χ0n) is 9.00. The lowest BCUT2D eigenvalue weighted by molar-refractivity contribution is 0.0526. The van der Waals surface area contributed by atoms with Gasteiger partial charge in [0.05, 0.1) is 19.0 Å². The van der Waals surface area contributed by atoms with Crippen LogP contribution in [0.15, 0.2) is 24.8 Å². The molecule has 2 heterocycles. The van der Waals surface area contributed by atoms with Crippen molar-refractivity contribution in [2.45, 2.75) is 6.92 Å². The number of ether oxygens (including phenoxy) is 1. The minimum absolute atomic E-state index is 0.156. The summed E-state index contributed by atoms with van der Waals surface area (Å²) in [4.78, 5) is 19.4. The molecular formula is C10H9ClN4O2. The first-order valence-electron chi connectivity index (χ1n) is 4.91. The van der Waals surface area contributed by atoms with Crippen molar-refractivity contribution in [2.75, 3.05) is 6.61 Å². The Morgan fingerprint density at radius 1 is 1.47 bits per heavy atom. The van der Waals surface area contributed by atoms with Gasteiger partial charge >= 0.3 is 5.97 Å². The van der Waals surface area contributed by atoms with E-state index in [4.69, 9.17) is 16.3 Å². The largest absolute Gasteiger partial charge is 0.462 e. The molecule has 0 unspecified atom stereocenters. The predicted octanol–water partition coefficient (Wildman–Crippen LogP) is 1.49. The van der Waals surface area contributed by atoms with Gasteiger partial charge in [-0.15, -0.1) is 0 Å². The summed E-state index contributed by atoms with van der Waals surface area (Å²) in [6.07, 6.45) is 5.88. The van der Waals surface area contributed by atoms with E-state index in [1.54, 1.807) is 6.92 Å². The Morgan fingerprint density at radius 2 is 2.29 bits per heavy atom. The van der Waals surface area contributed by atoms with Gasteiger partial charge in [0, 0.05) is 12.4 Å². The molecule has 88 valence electrons. The highest BCUT2D eigenvalue weighted by molar-refractivity contribution is 6.32. The molecule has 0 aliphatic carbocycles. The van der Waals surface area contributed by atoms with Gasteiger partial charge in [0.15, 0.2) is 5.82 Å². The fraction of sp³-hybridized carbons (Fsp3) is 0.200. The van der Waals surface area contributed by atoms with E-state index in [0.29, 0.717) is 5.82 Å². The van der Waals surface area contributed by atoms with Crippen LogP contribution in [0.4, 0.5) is 0 Å². The Morgan fingerprint density at radius 3 is 2.94 bits per heavy atom. The van der Waals surface area contributed by atoms with Gasteiger partial charge in [-0.3, -0.25) is 4.98 Å². The normalized spacial score (nSPS) is 10.2. The van der Waals surface area contributed by atoms with Crippen LogP contribution in [0.3, 0.4) is 0 Å². The first-order valence-corrected chi connectivity index (χ1v) is 5.29. The summed E-state index contributed by atoms with van der Waals surface area (Å²) < 4.78 is 6.17. The number of aromatic nitrogens is 4. The summed E-state index contributed by atoms with van der Waals surface area (Å²) in [5, 5.41) is 4.13. The maximum atomic E-state index is 11.5. The number of rotatable bonds is 3. The number of hydrogen-bond acceptors (Lipinski definition) is 5. The molecule has 0 radical (unpaired) electrons. The molecule has 0 fully saturated rings. The van der Waals surface area contributed by atoms with Gasteiger partial charge < -0.3 is 4.74 Å². The molecule has 2 aromatic heterocycles. The summed E-state index contributed by atoms with van der Waals surface area (Å²) in [6, 6.07) is 0. The second kappa shape index (κ2) is 4.92. The van der Waals surface area contributed by atoms with E-state index in [0.717, 1.165) is 0 Å². The number of halogens is 1. The average Bonchev–Trinajstić information content (AvgIpc) is 2.72. The van der Waals surface area contributed by atoms with Crippen LogP contribution in [0, 0.1) is 0 Å². The Kier molecular flexibility index (Phi) is 3.34. The topological polar surface area (TPSA) is 69.9 Å². The molecule has 6 nitrogen and oxygen atoms in total. The third kappa shape index (κ3) is 2.26. The SMILES string of the molecule is CCOC(=O)c1cnn(-c2cnccn2)c1Cl. The lowest BCUT2D eigenvalue weighted by atomic mass is 10.4. The molecule has 0 saturated carbocycles. The van der Waals surface area contributed by atoms with Crippen molar-refractivity contribution in [3.63, 3.8) is 0 Å². The van der Waals surface area contributed by atoms with Crippen molar-refractivity contribution in [3.8, 4) is 5.82 Å². The molecule has 0 amide bonds. The van der Waals surface area contributed by atoms with Crippen LogP contribution in [0.1, 0.15) is 17.3 Å². The quantitative estimate of drug-likeness (QED) is 0.774. The maximum absolute atomic E-state index is 11.5. The first kappa shape index (κ1) is 11.5. The smallest absolute Gasteiger partial charge is 0.342 e. The zero-order chi connectivity index (χ0) is 12.3. The number of carbonyl (C=O) groups is 1. The number of hydrogen-bond donors (Lipinski definition) is 0. The molecule has 2 rings (SSSR count). The average molecular weight is 253 g/mol. The van der Waals surface area contributed by atoms with Gasteiger partial charge in [-0.25, -0.2) is 14.5 Å². The molecule has 0 bridgehead atoms. The Bertz CT molecular complexity index is 526. The summed E-state index contributed by atoms with van der Waals surface area (Å²) in [5.41, 5.74) is 0.208. The molecule has 2 aromatic rings. The summed E-state index contributed by atoms with van der Waals surface area (Å²) in [7, 11) is 0. The van der Waals surface area contributed by atoms with Crippen molar-refractivity contribution in [1.82, 2.24) is 19.7 Å². The minimum Gasteiger partial charge on any atom is -0.462 e. The van der Waals surface area contributed by atoms with E-state index in [1.807, 2.05) is 0 Å². The summed E-state index contributed by atoms with van der Waals surface area (Å²) in [6.45, 7) is 2.00. The van der Waals surface area contributed by atoms with Crippen LogP contribution in [0.5, 0.6) is 0 Å². The fourth-order valence-electron chi connectivity index (χ4n) is 1.24. The Labute approximate surface area is 102 Å². The van der Waals surface area contributed by atoms with Crippen molar-refractivity contribution in [3.05, 3.63) is 35.5 Å². The van der Waals surface area contributed by atoms with Crippen LogP contribution in [-0.2, 0) is 4.74 Å². The second-order valence-electron chi connectivity index (χ2n) is 3.04. The minimum atomic E-state index is -0.507. The van der Waals surface area contributed by atoms with Crippen molar-refractivity contribution in [2.24, 2.45) is 0 Å². The summed E-state index contributed by atoms with van der Waals surface area (Å²) >= 11 is 6.02. The monoisotopic (exact) mass is 252 g/mol. The summed E-state index contributed by atoms with van der Waals surface area (Å²) in [5.74, 6) is -0.0688. The van der Waals surface area contributed by atoms with E-state index in [9.17, 15) is 4.79 Å². The predicted molar refractivity (Wildman–Crippen MR) is 60.1 cm³/mol. The highest BCUT2D eigenvalue weighted by Crippen LogP contribution is 2.19. The standard InChI is InChI=1S/C10H9ClN4O2/c1-2-17-10(16)7-5-14-15(9(7)11)8-6-12-3-4-13-8/h3-6H,2H2,1H3. The van der Waals surface area contributed by atoms with Gasteiger partial charge in [0.25, 0.3) is 0 Å². The third-order valence-electron chi connectivity index (χ3n) is 1.97. The van der Waals surface area contributed by atoms with Gasteiger partial charge in [-0.2, -0.15) is 5.10 Å². The fourth-order valence-corrected chi connectivity index (χ4v) is 1.50. The van der Waals surface area contributed by atoms with E-state index in [-0.39, 0.29) is 17.3 Å². The molecule has 0 aromatic carbocycles. The molecule has 0 N–H and O–H groups in total. The van der Waals surface area contributed by atoms with Gasteiger partial charge in [-0.1, -0.05) is 11.6 Å². The molecule has 0 aliphatic rings. The molecule has 0 aliphatic heterocycles. The van der Waals surface area contributed by atoms with E-state index >= 15 is 0 Å². The molecule has 7 heteroatoms. The van der Waals surface area contributed by atoms with Crippen molar-refractivity contribution in [1.29, 1.82) is 0 Å². The van der Waals surface area contributed by atoms with E-state index in [1.165, 1.54) is 29.5 Å². The van der Waals surface area contributed by atoms with Gasteiger partial charge in [0.1, 0.15) is 10.7 Å². The van der Waals surface area contributed by atoms with E-state index in [2.05, 4.69) is 15.1 Å². The van der Waals surface area contributed by atoms with Crippen LogP contribution in [0.2, 0.25) is 5.15 Å². The number of nitrogens with zero attached hydrogens (tertiary/aromatic N) is 4. The number of carbonyl (C=O) groups excluding carboxylic acids is 1. The second-order valence-corrected chi connectivity index (χ2v) is 3.40. The van der Waals surface area contributed by atoms with Crippen LogP contribution >= 0.6 is 11.6 Å². The highest BCUT2D eigenvalue weighted by Gasteiger charge is 2.18.